The number of carbonyl (C=O) groups is 1. The van der Waals surface area contributed by atoms with E-state index in [1.165, 1.54) is 4.90 Å². The lowest BCUT2D eigenvalue weighted by Crippen LogP contribution is -3.11. The normalized spacial score (nSPS) is 23.6. The monoisotopic (exact) mass is 249 g/mol. The zero-order valence-electron chi connectivity index (χ0n) is 10.9. The number of piperidine rings is 1. The largest absolute Gasteiger partial charge is 0.466 e. The Hall–Kier alpha value is -1.42. The topological polar surface area (TPSA) is 43.6 Å². The number of nitrogens with one attached hydrogen (secondary N) is 1. The molecular weight excluding hydrogens is 228 g/mol. The van der Waals surface area contributed by atoms with E-state index in [1.54, 1.807) is 0 Å². The van der Waals surface area contributed by atoms with E-state index >= 15 is 0 Å². The molecule has 0 aliphatic carbocycles. The first-order valence-corrected chi connectivity index (χ1v) is 6.69. The zero-order chi connectivity index (χ0) is 12.8. The van der Waals surface area contributed by atoms with Gasteiger partial charge in [0, 0.05) is 19.0 Å². The molecule has 4 heteroatoms. The molecule has 1 fully saturated rings. The van der Waals surface area contributed by atoms with E-state index in [-0.39, 0.29) is 11.9 Å². The van der Waals surface area contributed by atoms with Crippen molar-refractivity contribution in [1.82, 2.24) is 4.98 Å². The first-order chi connectivity index (χ1) is 8.79. The first kappa shape index (κ1) is 13.0. The SMILES string of the molecule is CCOC(=O)C1CC[NH+](Cc2ccccn2)CC1. The quantitative estimate of drug-likeness (QED) is 0.788. The van der Waals surface area contributed by atoms with E-state index in [9.17, 15) is 4.79 Å². The predicted octanol–water partition coefficient (Wildman–Crippen LogP) is 0.440. The molecule has 0 unspecified atom stereocenters. The highest BCUT2D eigenvalue weighted by Crippen LogP contribution is 2.11. The fourth-order valence-electron chi connectivity index (χ4n) is 2.46. The fraction of sp³-hybridized carbons (Fsp3) is 0.571. The lowest BCUT2D eigenvalue weighted by Gasteiger charge is -2.27. The number of aromatic nitrogens is 1. The minimum Gasteiger partial charge on any atom is -0.466 e. The van der Waals surface area contributed by atoms with Crippen LogP contribution in [-0.2, 0) is 16.1 Å². The van der Waals surface area contributed by atoms with Crippen LogP contribution in [-0.4, -0.2) is 30.6 Å². The molecule has 2 rings (SSSR count). The molecule has 2 heterocycles. The number of pyridine rings is 1. The second kappa shape index (κ2) is 6.50. The van der Waals surface area contributed by atoms with Gasteiger partial charge in [-0.3, -0.25) is 9.78 Å². The smallest absolute Gasteiger partial charge is 0.309 e. The number of carbonyl (C=O) groups excluding carboxylic acids is 1. The van der Waals surface area contributed by atoms with Gasteiger partial charge >= 0.3 is 5.97 Å². The molecule has 4 nitrogen and oxygen atoms in total. The van der Waals surface area contributed by atoms with Crippen LogP contribution < -0.4 is 4.90 Å². The summed E-state index contributed by atoms with van der Waals surface area (Å²) < 4.78 is 5.07. The van der Waals surface area contributed by atoms with Gasteiger partial charge in [0.2, 0.25) is 0 Å². The highest BCUT2D eigenvalue weighted by atomic mass is 16.5. The number of nitrogens with zero attached hydrogens (tertiary/aromatic N) is 1. The van der Waals surface area contributed by atoms with Crippen molar-refractivity contribution in [1.29, 1.82) is 0 Å². The summed E-state index contributed by atoms with van der Waals surface area (Å²) in [4.78, 5) is 17.5. The van der Waals surface area contributed by atoms with Gasteiger partial charge < -0.3 is 9.64 Å². The van der Waals surface area contributed by atoms with Crippen molar-refractivity contribution in [3.8, 4) is 0 Å². The first-order valence-electron chi connectivity index (χ1n) is 6.69. The fourth-order valence-corrected chi connectivity index (χ4v) is 2.46. The third kappa shape index (κ3) is 3.53. The van der Waals surface area contributed by atoms with E-state index in [4.69, 9.17) is 4.74 Å². The summed E-state index contributed by atoms with van der Waals surface area (Å²) in [6, 6.07) is 6.02. The van der Waals surface area contributed by atoms with Gasteiger partial charge in [-0.2, -0.15) is 0 Å². The Morgan fingerprint density at radius 1 is 1.44 bits per heavy atom. The van der Waals surface area contributed by atoms with E-state index < -0.39 is 0 Å². The minimum absolute atomic E-state index is 0.0191. The zero-order valence-corrected chi connectivity index (χ0v) is 10.9. The summed E-state index contributed by atoms with van der Waals surface area (Å²) in [5, 5.41) is 0. The third-order valence-electron chi connectivity index (χ3n) is 3.47. The summed E-state index contributed by atoms with van der Waals surface area (Å²) in [5.41, 5.74) is 1.13. The predicted molar refractivity (Wildman–Crippen MR) is 68.0 cm³/mol. The minimum atomic E-state index is -0.0191. The molecule has 1 aromatic heterocycles. The van der Waals surface area contributed by atoms with Gasteiger partial charge in [0.15, 0.2) is 0 Å². The second-order valence-corrected chi connectivity index (χ2v) is 4.77. The van der Waals surface area contributed by atoms with Crippen LogP contribution in [0.15, 0.2) is 24.4 Å². The lowest BCUT2D eigenvalue weighted by molar-refractivity contribution is -0.919. The van der Waals surface area contributed by atoms with Crippen molar-refractivity contribution < 1.29 is 14.4 Å². The molecule has 1 aromatic rings. The highest BCUT2D eigenvalue weighted by molar-refractivity contribution is 5.72. The van der Waals surface area contributed by atoms with Crippen LogP contribution in [0, 0.1) is 5.92 Å². The number of likely N-dealkylation sites (tertiary alicyclic amines) is 1. The molecule has 0 atom stereocenters. The molecule has 1 aliphatic heterocycles. The number of ether oxygens (including phenoxy) is 1. The number of quaternary nitrogens is 1. The van der Waals surface area contributed by atoms with E-state index in [1.807, 2.05) is 25.3 Å². The van der Waals surface area contributed by atoms with Gasteiger partial charge in [-0.25, -0.2) is 0 Å². The molecular formula is C14H21N2O2+. The molecule has 98 valence electrons. The molecule has 0 spiro atoms. The Balaban J connectivity index is 1.78. The number of esters is 1. The molecule has 18 heavy (non-hydrogen) atoms. The lowest BCUT2D eigenvalue weighted by atomic mass is 9.97. The van der Waals surface area contributed by atoms with Crippen molar-refractivity contribution in [2.45, 2.75) is 26.3 Å². The molecule has 0 bridgehead atoms. The Bertz CT molecular complexity index is 373. The summed E-state index contributed by atoms with van der Waals surface area (Å²) >= 11 is 0. The van der Waals surface area contributed by atoms with Crippen molar-refractivity contribution in [2.24, 2.45) is 5.92 Å². The summed E-state index contributed by atoms with van der Waals surface area (Å²) in [5.74, 6) is 0.0896. The van der Waals surface area contributed by atoms with Gasteiger partial charge in [-0.15, -0.1) is 0 Å². The van der Waals surface area contributed by atoms with E-state index in [0.717, 1.165) is 38.2 Å². The Labute approximate surface area is 108 Å². The van der Waals surface area contributed by atoms with Crippen LogP contribution in [0.4, 0.5) is 0 Å². The van der Waals surface area contributed by atoms with Gasteiger partial charge in [0.1, 0.15) is 6.54 Å². The van der Waals surface area contributed by atoms with Crippen molar-refractivity contribution in [2.75, 3.05) is 19.7 Å². The van der Waals surface area contributed by atoms with Crippen LogP contribution in [0.25, 0.3) is 0 Å². The van der Waals surface area contributed by atoms with Crippen LogP contribution in [0.5, 0.6) is 0 Å². The van der Waals surface area contributed by atoms with Gasteiger partial charge in [0.25, 0.3) is 0 Å². The second-order valence-electron chi connectivity index (χ2n) is 4.77. The number of hydrogen-bond donors (Lipinski definition) is 1. The average Bonchev–Trinajstić information content (AvgIpc) is 2.41. The van der Waals surface area contributed by atoms with Crippen molar-refractivity contribution in [3.63, 3.8) is 0 Å². The van der Waals surface area contributed by atoms with Gasteiger partial charge in [-0.1, -0.05) is 6.07 Å². The van der Waals surface area contributed by atoms with Crippen LogP contribution >= 0.6 is 0 Å². The number of rotatable bonds is 4. The molecule has 0 radical (unpaired) electrons. The molecule has 1 aliphatic rings. The maximum Gasteiger partial charge on any atom is 0.309 e. The highest BCUT2D eigenvalue weighted by Gasteiger charge is 2.28. The molecule has 1 N–H and O–H groups in total. The Morgan fingerprint density at radius 2 is 2.22 bits per heavy atom. The van der Waals surface area contributed by atoms with E-state index in [2.05, 4.69) is 11.1 Å². The number of hydrogen-bond acceptors (Lipinski definition) is 3. The van der Waals surface area contributed by atoms with Crippen LogP contribution in [0.1, 0.15) is 25.5 Å². The van der Waals surface area contributed by atoms with Gasteiger partial charge in [0.05, 0.1) is 31.3 Å². The summed E-state index contributed by atoms with van der Waals surface area (Å²) in [6.45, 7) is 5.36. The Kier molecular flexibility index (Phi) is 4.70. The molecule has 0 aromatic carbocycles. The molecule has 1 saturated heterocycles. The summed E-state index contributed by atoms with van der Waals surface area (Å²) in [7, 11) is 0. The Morgan fingerprint density at radius 3 is 2.83 bits per heavy atom. The van der Waals surface area contributed by atoms with Gasteiger partial charge in [-0.05, 0) is 19.1 Å². The molecule has 0 saturated carbocycles. The maximum absolute atomic E-state index is 11.6. The average molecular weight is 249 g/mol. The molecule has 0 amide bonds. The standard InChI is InChI=1S/C14H20N2O2/c1-2-18-14(17)12-6-9-16(10-7-12)11-13-5-3-4-8-15-13/h3-5,8,12H,2,6-7,9-11H2,1H3/p+1. The van der Waals surface area contributed by atoms with Crippen LogP contribution in [0.3, 0.4) is 0 Å². The van der Waals surface area contributed by atoms with Crippen molar-refractivity contribution in [3.05, 3.63) is 30.1 Å². The van der Waals surface area contributed by atoms with E-state index in [0.29, 0.717) is 6.61 Å². The van der Waals surface area contributed by atoms with Crippen LogP contribution in [0.2, 0.25) is 0 Å². The third-order valence-corrected chi connectivity index (χ3v) is 3.47. The van der Waals surface area contributed by atoms with Crippen molar-refractivity contribution >= 4 is 5.97 Å². The summed E-state index contributed by atoms with van der Waals surface area (Å²) in [6.07, 6.45) is 3.70. The maximum atomic E-state index is 11.6.